The average molecular weight is 257 g/mol. The summed E-state index contributed by atoms with van der Waals surface area (Å²) in [7, 11) is 0. The Bertz CT molecular complexity index is 339. The SMILES string of the molecule is C=CCOC(=O)N1CC(CC(=O)O)OC(C)(C)C1. The number of morpholine rings is 1. The first-order valence-corrected chi connectivity index (χ1v) is 5.76. The largest absolute Gasteiger partial charge is 0.481 e. The summed E-state index contributed by atoms with van der Waals surface area (Å²) < 4.78 is 10.6. The Balaban J connectivity index is 2.65. The van der Waals surface area contributed by atoms with Crippen LogP contribution >= 0.6 is 0 Å². The molecule has 1 atom stereocenters. The zero-order chi connectivity index (χ0) is 13.8. The molecule has 1 aliphatic heterocycles. The van der Waals surface area contributed by atoms with Crippen LogP contribution in [0.25, 0.3) is 0 Å². The number of carbonyl (C=O) groups excluding carboxylic acids is 1. The molecule has 1 unspecified atom stereocenters. The van der Waals surface area contributed by atoms with E-state index < -0.39 is 23.8 Å². The van der Waals surface area contributed by atoms with Crippen LogP contribution in [0.1, 0.15) is 20.3 Å². The van der Waals surface area contributed by atoms with E-state index in [-0.39, 0.29) is 19.6 Å². The summed E-state index contributed by atoms with van der Waals surface area (Å²) in [6, 6.07) is 0. The molecule has 0 aromatic heterocycles. The van der Waals surface area contributed by atoms with Crippen LogP contribution in [0, 0.1) is 0 Å². The standard InChI is InChI=1S/C12H19NO5/c1-4-5-17-11(16)13-7-9(6-10(14)15)18-12(2,3)8-13/h4,9H,1,5-8H2,2-3H3,(H,14,15). The van der Waals surface area contributed by atoms with Crippen molar-refractivity contribution < 1.29 is 24.2 Å². The Kier molecular flexibility index (Phi) is 4.72. The molecule has 1 heterocycles. The van der Waals surface area contributed by atoms with Crippen molar-refractivity contribution >= 4 is 12.1 Å². The molecule has 1 fully saturated rings. The number of carboxylic acids is 1. The molecular weight excluding hydrogens is 238 g/mol. The molecule has 18 heavy (non-hydrogen) atoms. The van der Waals surface area contributed by atoms with Crippen molar-refractivity contribution in [3.8, 4) is 0 Å². The summed E-state index contributed by atoms with van der Waals surface area (Å²) >= 11 is 0. The fourth-order valence-electron chi connectivity index (χ4n) is 1.96. The zero-order valence-corrected chi connectivity index (χ0v) is 10.7. The smallest absolute Gasteiger partial charge is 0.410 e. The summed E-state index contributed by atoms with van der Waals surface area (Å²) in [4.78, 5) is 23.9. The van der Waals surface area contributed by atoms with Crippen molar-refractivity contribution in [2.45, 2.75) is 32.0 Å². The number of hydrogen-bond donors (Lipinski definition) is 1. The molecule has 102 valence electrons. The van der Waals surface area contributed by atoms with Crippen LogP contribution in [-0.4, -0.2) is 53.5 Å². The van der Waals surface area contributed by atoms with Crippen molar-refractivity contribution in [2.75, 3.05) is 19.7 Å². The van der Waals surface area contributed by atoms with E-state index in [1.54, 1.807) is 0 Å². The van der Waals surface area contributed by atoms with Gasteiger partial charge in [0.2, 0.25) is 0 Å². The Labute approximate surface area is 106 Å². The second kappa shape index (κ2) is 5.86. The van der Waals surface area contributed by atoms with Gasteiger partial charge in [0.05, 0.1) is 31.2 Å². The minimum absolute atomic E-state index is 0.130. The lowest BCUT2D eigenvalue weighted by Crippen LogP contribution is -2.55. The van der Waals surface area contributed by atoms with E-state index in [0.717, 1.165) is 0 Å². The maximum Gasteiger partial charge on any atom is 0.410 e. The summed E-state index contributed by atoms with van der Waals surface area (Å²) in [6.45, 7) is 7.83. The fraction of sp³-hybridized carbons (Fsp3) is 0.667. The quantitative estimate of drug-likeness (QED) is 0.767. The van der Waals surface area contributed by atoms with Crippen LogP contribution in [0.4, 0.5) is 4.79 Å². The minimum atomic E-state index is -0.947. The van der Waals surface area contributed by atoms with Gasteiger partial charge in [0, 0.05) is 0 Å². The third-order valence-electron chi connectivity index (χ3n) is 2.47. The lowest BCUT2D eigenvalue weighted by atomic mass is 10.0. The van der Waals surface area contributed by atoms with Crippen molar-refractivity contribution in [1.29, 1.82) is 0 Å². The maximum atomic E-state index is 11.7. The van der Waals surface area contributed by atoms with Gasteiger partial charge in [-0.25, -0.2) is 4.79 Å². The predicted octanol–water partition coefficient (Wildman–Crippen LogP) is 1.26. The fourth-order valence-corrected chi connectivity index (χ4v) is 1.96. The predicted molar refractivity (Wildman–Crippen MR) is 64.3 cm³/mol. The van der Waals surface area contributed by atoms with Crippen molar-refractivity contribution in [3.63, 3.8) is 0 Å². The molecule has 1 rings (SSSR count). The third-order valence-corrected chi connectivity index (χ3v) is 2.47. The summed E-state index contributed by atoms with van der Waals surface area (Å²) in [5, 5.41) is 8.77. The number of carbonyl (C=O) groups is 2. The second-order valence-electron chi connectivity index (χ2n) is 4.84. The lowest BCUT2D eigenvalue weighted by molar-refractivity contribution is -0.155. The van der Waals surface area contributed by atoms with E-state index in [1.165, 1.54) is 11.0 Å². The van der Waals surface area contributed by atoms with Crippen LogP contribution in [0.2, 0.25) is 0 Å². The normalized spacial score (nSPS) is 22.3. The Hall–Kier alpha value is -1.56. The molecule has 0 radical (unpaired) electrons. The van der Waals surface area contributed by atoms with Crippen LogP contribution < -0.4 is 0 Å². The molecule has 0 spiro atoms. The number of nitrogens with zero attached hydrogens (tertiary/aromatic N) is 1. The molecule has 1 saturated heterocycles. The Morgan fingerprint density at radius 1 is 1.61 bits per heavy atom. The van der Waals surface area contributed by atoms with Crippen LogP contribution in [0.3, 0.4) is 0 Å². The van der Waals surface area contributed by atoms with Gasteiger partial charge in [0.15, 0.2) is 0 Å². The van der Waals surface area contributed by atoms with Gasteiger partial charge in [-0.2, -0.15) is 0 Å². The molecular formula is C12H19NO5. The molecule has 0 saturated carbocycles. The van der Waals surface area contributed by atoms with E-state index in [4.69, 9.17) is 14.6 Å². The number of carboxylic acid groups (broad SMARTS) is 1. The van der Waals surface area contributed by atoms with E-state index in [9.17, 15) is 9.59 Å². The highest BCUT2D eigenvalue weighted by Gasteiger charge is 2.37. The van der Waals surface area contributed by atoms with Gasteiger partial charge in [0.1, 0.15) is 6.61 Å². The van der Waals surface area contributed by atoms with E-state index in [0.29, 0.717) is 6.54 Å². The monoisotopic (exact) mass is 257 g/mol. The van der Waals surface area contributed by atoms with Gasteiger partial charge in [-0.05, 0) is 13.8 Å². The highest BCUT2D eigenvalue weighted by Crippen LogP contribution is 2.23. The third kappa shape index (κ3) is 4.37. The van der Waals surface area contributed by atoms with Crippen LogP contribution in [-0.2, 0) is 14.3 Å². The first kappa shape index (κ1) is 14.5. The highest BCUT2D eigenvalue weighted by atomic mass is 16.6. The molecule has 0 aliphatic carbocycles. The minimum Gasteiger partial charge on any atom is -0.481 e. The topological polar surface area (TPSA) is 76.1 Å². The summed E-state index contributed by atoms with van der Waals surface area (Å²) in [6.07, 6.45) is 0.372. The molecule has 0 bridgehead atoms. The molecule has 0 aromatic rings. The lowest BCUT2D eigenvalue weighted by Gasteiger charge is -2.41. The number of rotatable bonds is 4. The van der Waals surface area contributed by atoms with Crippen molar-refractivity contribution in [1.82, 2.24) is 4.90 Å². The Morgan fingerprint density at radius 2 is 2.28 bits per heavy atom. The number of hydrogen-bond acceptors (Lipinski definition) is 4. The first-order chi connectivity index (χ1) is 8.34. The zero-order valence-electron chi connectivity index (χ0n) is 10.7. The molecule has 1 aliphatic rings. The van der Waals surface area contributed by atoms with Crippen LogP contribution in [0.15, 0.2) is 12.7 Å². The van der Waals surface area contributed by atoms with Gasteiger partial charge < -0.3 is 19.5 Å². The Morgan fingerprint density at radius 3 is 2.83 bits per heavy atom. The van der Waals surface area contributed by atoms with Gasteiger partial charge in [-0.1, -0.05) is 12.7 Å². The second-order valence-corrected chi connectivity index (χ2v) is 4.84. The summed E-state index contributed by atoms with van der Waals surface area (Å²) in [5.41, 5.74) is -0.578. The van der Waals surface area contributed by atoms with E-state index in [2.05, 4.69) is 6.58 Å². The summed E-state index contributed by atoms with van der Waals surface area (Å²) in [5.74, 6) is -0.947. The van der Waals surface area contributed by atoms with Crippen molar-refractivity contribution in [2.24, 2.45) is 0 Å². The molecule has 1 amide bonds. The van der Waals surface area contributed by atoms with Gasteiger partial charge in [-0.3, -0.25) is 4.79 Å². The van der Waals surface area contributed by atoms with Crippen LogP contribution in [0.5, 0.6) is 0 Å². The number of aliphatic carboxylic acids is 1. The maximum absolute atomic E-state index is 11.7. The van der Waals surface area contributed by atoms with Gasteiger partial charge >= 0.3 is 12.1 Å². The molecule has 1 N–H and O–H groups in total. The molecule has 6 nitrogen and oxygen atoms in total. The molecule has 6 heteroatoms. The highest BCUT2D eigenvalue weighted by molar-refractivity contribution is 5.69. The molecule has 0 aromatic carbocycles. The van der Waals surface area contributed by atoms with E-state index >= 15 is 0 Å². The number of amides is 1. The van der Waals surface area contributed by atoms with Gasteiger partial charge in [0.25, 0.3) is 0 Å². The van der Waals surface area contributed by atoms with Gasteiger partial charge in [-0.15, -0.1) is 0 Å². The van der Waals surface area contributed by atoms with Crippen molar-refractivity contribution in [3.05, 3.63) is 12.7 Å². The average Bonchev–Trinajstić information content (AvgIpc) is 2.22. The first-order valence-electron chi connectivity index (χ1n) is 5.76. The number of ether oxygens (including phenoxy) is 2. The van der Waals surface area contributed by atoms with E-state index in [1.807, 2.05) is 13.8 Å².